The lowest BCUT2D eigenvalue weighted by Crippen LogP contribution is -2.04. The van der Waals surface area contributed by atoms with Crippen molar-refractivity contribution in [3.8, 4) is 11.4 Å². The maximum atomic E-state index is 11.0. The molecule has 0 bridgehead atoms. The van der Waals surface area contributed by atoms with E-state index >= 15 is 0 Å². The lowest BCUT2D eigenvalue weighted by molar-refractivity contribution is -0.384. The van der Waals surface area contributed by atoms with Crippen LogP contribution in [0.3, 0.4) is 0 Å². The summed E-state index contributed by atoms with van der Waals surface area (Å²) in [6.45, 7) is 0. The Labute approximate surface area is 110 Å². The van der Waals surface area contributed by atoms with E-state index in [2.05, 4.69) is 41.5 Å². The Hall–Kier alpha value is -2.10. The second kappa shape index (κ2) is 4.64. The van der Waals surface area contributed by atoms with Gasteiger partial charge in [0.2, 0.25) is 5.95 Å². The molecule has 0 unspecified atom stereocenters. The molecule has 94 valence electrons. The van der Waals surface area contributed by atoms with Crippen LogP contribution in [-0.2, 0) is 7.05 Å². The number of nitro groups is 1. The highest BCUT2D eigenvalue weighted by Gasteiger charge is 2.24. The normalized spacial score (nSPS) is 10.4. The Morgan fingerprint density at radius 3 is 2.78 bits per heavy atom. The van der Waals surface area contributed by atoms with Gasteiger partial charge in [0, 0.05) is 14.1 Å². The SMILES string of the molecule is CNc1ncc([N+](=O)[O-])c(-c2c(Br)nnn2C)n1. The van der Waals surface area contributed by atoms with E-state index < -0.39 is 4.92 Å². The summed E-state index contributed by atoms with van der Waals surface area (Å²) in [4.78, 5) is 18.3. The summed E-state index contributed by atoms with van der Waals surface area (Å²) < 4.78 is 1.78. The lowest BCUT2D eigenvalue weighted by Gasteiger charge is -2.04. The molecule has 2 rings (SSSR count). The first-order valence-electron chi connectivity index (χ1n) is 4.79. The molecule has 10 heteroatoms. The van der Waals surface area contributed by atoms with Gasteiger partial charge in [-0.15, -0.1) is 5.10 Å². The Kier molecular flexibility index (Phi) is 3.19. The van der Waals surface area contributed by atoms with Crippen molar-refractivity contribution in [1.82, 2.24) is 25.0 Å². The summed E-state index contributed by atoms with van der Waals surface area (Å²) in [5.74, 6) is 0.281. The van der Waals surface area contributed by atoms with E-state index in [1.165, 1.54) is 4.68 Å². The highest BCUT2D eigenvalue weighted by Crippen LogP contribution is 2.31. The highest BCUT2D eigenvalue weighted by atomic mass is 79.9. The van der Waals surface area contributed by atoms with Crippen molar-refractivity contribution in [1.29, 1.82) is 0 Å². The van der Waals surface area contributed by atoms with Gasteiger partial charge in [0.05, 0.1) is 4.92 Å². The predicted molar refractivity (Wildman–Crippen MR) is 65.9 cm³/mol. The molecule has 1 N–H and O–H groups in total. The van der Waals surface area contributed by atoms with Gasteiger partial charge >= 0.3 is 5.69 Å². The van der Waals surface area contributed by atoms with Gasteiger partial charge in [-0.1, -0.05) is 5.21 Å². The van der Waals surface area contributed by atoms with Crippen LogP contribution in [0.2, 0.25) is 0 Å². The first-order chi connectivity index (χ1) is 8.54. The minimum absolute atomic E-state index is 0.152. The summed E-state index contributed by atoms with van der Waals surface area (Å²) in [6.07, 6.45) is 1.15. The van der Waals surface area contributed by atoms with Crippen LogP contribution in [0.1, 0.15) is 0 Å². The largest absolute Gasteiger partial charge is 0.357 e. The van der Waals surface area contributed by atoms with E-state index in [1.807, 2.05) is 0 Å². The zero-order chi connectivity index (χ0) is 13.3. The minimum Gasteiger partial charge on any atom is -0.357 e. The fourth-order valence-corrected chi connectivity index (χ4v) is 1.90. The molecule has 0 fully saturated rings. The van der Waals surface area contributed by atoms with E-state index in [4.69, 9.17) is 0 Å². The monoisotopic (exact) mass is 313 g/mol. The number of hydrogen-bond donors (Lipinski definition) is 1. The predicted octanol–water partition coefficient (Wildman–Crippen LogP) is 0.984. The van der Waals surface area contributed by atoms with Crippen LogP contribution in [0, 0.1) is 10.1 Å². The molecular formula is C8H8BrN7O2. The Balaban J connectivity index is 2.71. The summed E-state index contributed by atoms with van der Waals surface area (Å²) in [5.41, 5.74) is 0.361. The van der Waals surface area contributed by atoms with E-state index in [9.17, 15) is 10.1 Å². The third kappa shape index (κ3) is 2.01. The quantitative estimate of drug-likeness (QED) is 0.664. The Bertz CT molecular complexity index is 592. The molecule has 0 radical (unpaired) electrons. The van der Waals surface area contributed by atoms with Crippen molar-refractivity contribution < 1.29 is 4.92 Å². The average molecular weight is 314 g/mol. The smallest absolute Gasteiger partial charge is 0.315 e. The molecule has 18 heavy (non-hydrogen) atoms. The molecule has 0 saturated heterocycles. The summed E-state index contributed by atoms with van der Waals surface area (Å²) in [5, 5.41) is 21.2. The van der Waals surface area contributed by atoms with Gasteiger partial charge in [0.1, 0.15) is 11.9 Å². The van der Waals surface area contributed by atoms with Crippen molar-refractivity contribution in [2.75, 3.05) is 12.4 Å². The van der Waals surface area contributed by atoms with Crippen LogP contribution in [0.4, 0.5) is 11.6 Å². The molecule has 0 aliphatic rings. The van der Waals surface area contributed by atoms with Gasteiger partial charge in [-0.3, -0.25) is 10.1 Å². The van der Waals surface area contributed by atoms with Crippen molar-refractivity contribution in [2.45, 2.75) is 0 Å². The third-order valence-electron chi connectivity index (χ3n) is 2.20. The Morgan fingerprint density at radius 2 is 2.28 bits per heavy atom. The van der Waals surface area contributed by atoms with Gasteiger partial charge < -0.3 is 5.32 Å². The van der Waals surface area contributed by atoms with Crippen LogP contribution < -0.4 is 5.32 Å². The number of anilines is 1. The second-order valence-electron chi connectivity index (χ2n) is 3.29. The second-order valence-corrected chi connectivity index (χ2v) is 4.04. The van der Waals surface area contributed by atoms with Crippen LogP contribution in [0.5, 0.6) is 0 Å². The number of aryl methyl sites for hydroxylation is 1. The molecule has 2 aromatic rings. The van der Waals surface area contributed by atoms with Gasteiger partial charge in [-0.2, -0.15) is 0 Å². The maximum absolute atomic E-state index is 11.0. The molecule has 0 atom stereocenters. The molecule has 0 aliphatic carbocycles. The third-order valence-corrected chi connectivity index (χ3v) is 2.73. The summed E-state index contributed by atoms with van der Waals surface area (Å²) in [7, 11) is 3.25. The van der Waals surface area contributed by atoms with Crippen LogP contribution >= 0.6 is 15.9 Å². The fraction of sp³-hybridized carbons (Fsp3) is 0.250. The molecule has 9 nitrogen and oxygen atoms in total. The topological polar surface area (TPSA) is 112 Å². The van der Waals surface area contributed by atoms with E-state index in [1.54, 1.807) is 14.1 Å². The number of rotatable bonds is 3. The maximum Gasteiger partial charge on any atom is 0.315 e. The average Bonchev–Trinajstić information content (AvgIpc) is 2.68. The molecule has 0 aliphatic heterocycles. The van der Waals surface area contributed by atoms with Crippen LogP contribution in [0.25, 0.3) is 11.4 Å². The first-order valence-corrected chi connectivity index (χ1v) is 5.58. The summed E-state index contributed by atoms with van der Waals surface area (Å²) >= 11 is 3.19. The van der Waals surface area contributed by atoms with E-state index in [0.717, 1.165) is 6.20 Å². The number of aromatic nitrogens is 5. The highest BCUT2D eigenvalue weighted by molar-refractivity contribution is 9.10. The molecule has 0 aromatic carbocycles. The van der Waals surface area contributed by atoms with Crippen LogP contribution in [-0.4, -0.2) is 36.9 Å². The zero-order valence-electron chi connectivity index (χ0n) is 9.46. The molecule has 2 aromatic heterocycles. The number of nitrogens with zero attached hydrogens (tertiary/aromatic N) is 6. The molecule has 0 saturated carbocycles. The number of halogens is 1. The van der Waals surface area contributed by atoms with Gasteiger partial charge in [-0.05, 0) is 15.9 Å². The number of nitrogens with one attached hydrogen (secondary N) is 1. The Morgan fingerprint density at radius 1 is 1.56 bits per heavy atom. The fourth-order valence-electron chi connectivity index (χ4n) is 1.39. The van der Waals surface area contributed by atoms with Gasteiger partial charge in [-0.25, -0.2) is 14.6 Å². The van der Waals surface area contributed by atoms with Crippen molar-refractivity contribution in [2.24, 2.45) is 7.05 Å². The molecule has 0 spiro atoms. The lowest BCUT2D eigenvalue weighted by atomic mass is 10.3. The zero-order valence-corrected chi connectivity index (χ0v) is 11.0. The first kappa shape index (κ1) is 12.4. The van der Waals surface area contributed by atoms with Gasteiger partial charge in [0.25, 0.3) is 0 Å². The summed E-state index contributed by atoms with van der Waals surface area (Å²) in [6, 6.07) is 0. The van der Waals surface area contributed by atoms with E-state index in [0.29, 0.717) is 10.3 Å². The molecule has 2 heterocycles. The van der Waals surface area contributed by atoms with Crippen molar-refractivity contribution >= 4 is 27.6 Å². The van der Waals surface area contributed by atoms with Crippen molar-refractivity contribution in [3.63, 3.8) is 0 Å². The van der Waals surface area contributed by atoms with Crippen LogP contribution in [0.15, 0.2) is 10.8 Å². The van der Waals surface area contributed by atoms with E-state index in [-0.39, 0.29) is 17.3 Å². The standard InChI is InChI=1S/C8H8BrN7O2/c1-10-8-11-3-4(16(17)18)5(12-8)6-7(9)13-14-15(6)2/h3H,1-2H3,(H,10,11,12). The minimum atomic E-state index is -0.547. The molecular weight excluding hydrogens is 306 g/mol. The molecule has 0 amide bonds. The number of hydrogen-bond acceptors (Lipinski definition) is 7. The van der Waals surface area contributed by atoms with Gasteiger partial charge in [0.15, 0.2) is 10.3 Å². The van der Waals surface area contributed by atoms with Crippen molar-refractivity contribution in [3.05, 3.63) is 20.9 Å².